The van der Waals surface area contributed by atoms with Gasteiger partial charge in [0.2, 0.25) is 59.1 Å². The number of hydrogen-bond donors (Lipinski definition) is 14. The predicted octanol–water partition coefficient (Wildman–Crippen LogP) is -3.65. The van der Waals surface area contributed by atoms with E-state index in [1.807, 2.05) is 0 Å². The van der Waals surface area contributed by atoms with Crippen molar-refractivity contribution in [1.82, 2.24) is 53.2 Å². The second-order valence-corrected chi connectivity index (χ2v) is 18.1. The molecule has 402 valence electrons. The van der Waals surface area contributed by atoms with Crippen LogP contribution < -0.4 is 53.2 Å². The highest BCUT2D eigenvalue weighted by Crippen LogP contribution is 2.11. The minimum atomic E-state index is -1.74. The van der Waals surface area contributed by atoms with Crippen LogP contribution in [-0.2, 0) is 62.3 Å². The molecule has 0 saturated heterocycles. The summed E-state index contributed by atoms with van der Waals surface area (Å²) >= 11 is 0. The summed E-state index contributed by atoms with van der Waals surface area (Å²) in [6.45, 7) is 14.5. The maximum absolute atomic E-state index is 13.5. The molecule has 0 saturated carbocycles. The Kier molecular flexibility index (Phi) is 28.3. The second-order valence-electron chi connectivity index (χ2n) is 18.1. The van der Waals surface area contributed by atoms with Gasteiger partial charge in [-0.25, -0.2) is 0 Å². The summed E-state index contributed by atoms with van der Waals surface area (Å²) in [6.07, 6.45) is -3.73. The van der Waals surface area contributed by atoms with Crippen LogP contribution in [0.1, 0.15) is 108 Å². The third-order valence-corrected chi connectivity index (χ3v) is 10.8. The smallest absolute Gasteiger partial charge is 0.303 e. The van der Waals surface area contributed by atoms with E-state index in [4.69, 9.17) is 5.11 Å². The van der Waals surface area contributed by atoms with E-state index >= 15 is 0 Å². The Morgan fingerprint density at radius 1 is 0.338 bits per heavy atom. The molecule has 0 rings (SSSR count). The number of rotatable bonds is 32. The van der Waals surface area contributed by atoms with Crippen LogP contribution in [0.3, 0.4) is 0 Å². The number of likely N-dealkylation sites (N-methyl/N-ethyl adjacent to an activating group) is 1. The lowest BCUT2D eigenvalue weighted by atomic mass is 9.98. The fourth-order valence-electron chi connectivity index (χ4n) is 6.26. The lowest BCUT2D eigenvalue weighted by Gasteiger charge is -2.29. The average Bonchev–Trinajstić information content (AvgIpc) is 3.28. The molecule has 0 aliphatic rings. The third kappa shape index (κ3) is 23.5. The van der Waals surface area contributed by atoms with Crippen LogP contribution in [-0.4, -0.2) is 165 Å². The van der Waals surface area contributed by atoms with Crippen LogP contribution >= 0.6 is 0 Å². The first-order chi connectivity index (χ1) is 32.9. The van der Waals surface area contributed by atoms with Gasteiger partial charge in [0.1, 0.15) is 54.4 Å². The van der Waals surface area contributed by atoms with Crippen LogP contribution in [0.15, 0.2) is 0 Å². The number of carbonyl (C=O) groups excluding carboxylic acids is 10. The molecule has 0 aromatic rings. The third-order valence-electron chi connectivity index (χ3n) is 10.8. The maximum Gasteiger partial charge on any atom is 0.303 e. The Hall–Kier alpha value is -6.93. The zero-order valence-electron chi connectivity index (χ0n) is 42.1. The summed E-state index contributed by atoms with van der Waals surface area (Å²) < 4.78 is 0. The number of carbonyl (C=O) groups is 13. The molecule has 0 aliphatic carbocycles. The van der Waals surface area contributed by atoms with Gasteiger partial charge in [0.05, 0.1) is 12.5 Å². The summed E-state index contributed by atoms with van der Waals surface area (Å²) in [4.78, 5) is 166. The fourth-order valence-corrected chi connectivity index (χ4v) is 6.26. The van der Waals surface area contributed by atoms with Crippen molar-refractivity contribution in [2.45, 2.75) is 162 Å². The molecule has 0 radical (unpaired) electrons. The summed E-state index contributed by atoms with van der Waals surface area (Å²) in [7, 11) is 1.42. The largest absolute Gasteiger partial charge is 0.481 e. The summed E-state index contributed by atoms with van der Waals surface area (Å²) in [5.74, 6) is -15.1. The van der Waals surface area contributed by atoms with Gasteiger partial charge in [-0.2, -0.15) is 0 Å². The Labute approximate surface area is 411 Å². The molecule has 0 heterocycles. The van der Waals surface area contributed by atoms with Gasteiger partial charge in [-0.3, -0.25) is 62.3 Å². The van der Waals surface area contributed by atoms with Gasteiger partial charge in [0, 0.05) is 26.3 Å². The molecule has 0 aromatic heterocycles. The fraction of sp³-hybridized carbons (Fsp3) is 0.705. The van der Waals surface area contributed by atoms with Crippen molar-refractivity contribution < 1.29 is 82.8 Å². The summed E-state index contributed by atoms with van der Waals surface area (Å²) in [5, 5.41) is 61.2. The SMILES string of the molecule is CNC(=O)[C@@H](NC(=O)[C@@H](NC(=O)[C@@H](NC(=O)[C@H](C)NC(=O)[C@H](C)NC(=O)[C@H](C)NC(=O)[C@H](CCC(=O)O)NC(=O)[C@H](CCC(=O)O)NC(=O)[C@H](CCC(=O)O)NC(=O)[C@@H](C)CO)C(C)C)C(C)C)C(C)C. The van der Waals surface area contributed by atoms with E-state index in [2.05, 4.69) is 53.2 Å². The first-order valence-electron chi connectivity index (χ1n) is 23.1. The highest BCUT2D eigenvalue weighted by Gasteiger charge is 2.36. The summed E-state index contributed by atoms with van der Waals surface area (Å²) in [6, 6.07) is -12.3. The van der Waals surface area contributed by atoms with E-state index in [1.54, 1.807) is 41.5 Å². The molecule has 0 unspecified atom stereocenters. The van der Waals surface area contributed by atoms with Crippen LogP contribution in [0.4, 0.5) is 0 Å². The van der Waals surface area contributed by atoms with Crippen molar-refractivity contribution in [2.75, 3.05) is 13.7 Å². The molecular weight excluding hydrogens is 941 g/mol. The monoisotopic (exact) mass is 1010 g/mol. The lowest BCUT2D eigenvalue weighted by Crippen LogP contribution is -2.61. The quantitative estimate of drug-likeness (QED) is 0.0309. The molecule has 0 aromatic carbocycles. The van der Waals surface area contributed by atoms with Crippen molar-refractivity contribution in [3.05, 3.63) is 0 Å². The number of carboxylic acid groups (broad SMARTS) is 3. The first kappa shape index (κ1) is 64.1. The topological polar surface area (TPSA) is 423 Å². The zero-order chi connectivity index (χ0) is 55.0. The second kappa shape index (κ2) is 31.3. The molecule has 10 amide bonds. The van der Waals surface area contributed by atoms with Crippen LogP contribution in [0, 0.1) is 23.7 Å². The first-order valence-corrected chi connectivity index (χ1v) is 23.1. The van der Waals surface area contributed by atoms with E-state index in [-0.39, 0.29) is 5.92 Å². The number of amides is 10. The van der Waals surface area contributed by atoms with E-state index in [1.165, 1.54) is 34.7 Å². The molecule has 71 heavy (non-hydrogen) atoms. The molecule has 0 bridgehead atoms. The molecule has 0 aliphatic heterocycles. The van der Waals surface area contributed by atoms with Crippen LogP contribution in [0.2, 0.25) is 0 Å². The Morgan fingerprint density at radius 3 is 0.873 bits per heavy atom. The minimum Gasteiger partial charge on any atom is -0.481 e. The average molecular weight is 1020 g/mol. The van der Waals surface area contributed by atoms with Gasteiger partial charge in [-0.1, -0.05) is 48.5 Å². The number of hydrogen-bond acceptors (Lipinski definition) is 14. The molecule has 27 nitrogen and oxygen atoms in total. The Balaban J connectivity index is 5.97. The van der Waals surface area contributed by atoms with Crippen molar-refractivity contribution in [2.24, 2.45) is 23.7 Å². The van der Waals surface area contributed by atoms with Crippen molar-refractivity contribution in [3.63, 3.8) is 0 Å². The Bertz CT molecular complexity index is 1930. The zero-order valence-corrected chi connectivity index (χ0v) is 42.1. The van der Waals surface area contributed by atoms with Crippen LogP contribution in [0.5, 0.6) is 0 Å². The number of carboxylic acids is 3. The molecule has 10 atom stereocenters. The van der Waals surface area contributed by atoms with Gasteiger partial charge in [-0.15, -0.1) is 0 Å². The molecule has 0 spiro atoms. The predicted molar refractivity (Wildman–Crippen MR) is 250 cm³/mol. The van der Waals surface area contributed by atoms with Gasteiger partial charge in [0.25, 0.3) is 0 Å². The van der Waals surface area contributed by atoms with Crippen molar-refractivity contribution in [3.8, 4) is 0 Å². The molecule has 14 N–H and O–H groups in total. The van der Waals surface area contributed by atoms with Crippen molar-refractivity contribution >= 4 is 77.0 Å². The van der Waals surface area contributed by atoms with Crippen molar-refractivity contribution in [1.29, 1.82) is 0 Å². The molecular formula is C44H74N10O17. The standard InChI is InChI=1S/C44H74N10O17/c1-19(2)32(42(69)45-11)53-44(71)34(21(5)6)54-43(70)33(20(3)4)52-38(65)25(10)47-36(63)23(8)46-37(64)24(9)48-39(66)26(12-15-29(56)57)50-41(68)28(14-17-31(60)61)51-40(67)27(13-16-30(58)59)49-35(62)22(7)18-55/h19-28,32-34,55H,12-18H2,1-11H3,(H,45,69)(H,46,64)(H,47,63)(H,48,66)(H,49,62)(H,50,68)(H,51,67)(H,52,65)(H,53,71)(H,54,70)(H,56,57)(H,58,59)(H,60,61)/t22-,23-,24-,25-,26-,27-,28-,32-,33-,34-/m0/s1. The van der Waals surface area contributed by atoms with E-state index in [0.29, 0.717) is 0 Å². The molecule has 27 heteroatoms. The number of aliphatic carboxylic acids is 3. The van der Waals surface area contributed by atoms with Gasteiger partial charge in [0.15, 0.2) is 0 Å². The van der Waals surface area contributed by atoms with Crippen LogP contribution in [0.25, 0.3) is 0 Å². The summed E-state index contributed by atoms with van der Waals surface area (Å²) in [5.41, 5.74) is 0. The van der Waals surface area contributed by atoms with Gasteiger partial charge >= 0.3 is 17.9 Å². The van der Waals surface area contributed by atoms with Gasteiger partial charge < -0.3 is 73.6 Å². The Morgan fingerprint density at radius 2 is 0.592 bits per heavy atom. The van der Waals surface area contributed by atoms with E-state index < -0.39 is 194 Å². The maximum atomic E-state index is 13.5. The number of nitrogens with one attached hydrogen (secondary N) is 10. The van der Waals surface area contributed by atoms with Gasteiger partial charge in [-0.05, 0) is 57.8 Å². The molecule has 0 fully saturated rings. The highest BCUT2D eigenvalue weighted by atomic mass is 16.4. The van der Waals surface area contributed by atoms with E-state index in [0.717, 1.165) is 0 Å². The lowest BCUT2D eigenvalue weighted by molar-refractivity contribution is -0.140. The normalized spacial score (nSPS) is 15.3. The van der Waals surface area contributed by atoms with E-state index in [9.17, 15) is 77.6 Å². The highest BCUT2D eigenvalue weighted by molar-refractivity contribution is 5.98. The minimum absolute atomic E-state index is 0.281. The number of aliphatic hydroxyl groups excluding tert-OH is 1. The number of aliphatic hydroxyl groups is 1.